The van der Waals surface area contributed by atoms with Gasteiger partial charge in [0.2, 0.25) is 0 Å². The van der Waals surface area contributed by atoms with E-state index in [-0.39, 0.29) is 0 Å². The summed E-state index contributed by atoms with van der Waals surface area (Å²) in [6.07, 6.45) is 3.70. The Morgan fingerprint density at radius 3 is 2.74 bits per heavy atom. The molecule has 1 aliphatic heterocycles. The molecule has 106 valence electrons. The maximum atomic E-state index is 5.63. The largest absolute Gasteiger partial charge is 0.497 e. The Morgan fingerprint density at radius 1 is 1.37 bits per heavy atom. The molecule has 0 spiro atoms. The van der Waals surface area contributed by atoms with Crippen LogP contribution >= 0.6 is 0 Å². The van der Waals surface area contributed by atoms with Gasteiger partial charge < -0.3 is 10.5 Å². The SMILES string of the molecule is COc1cc(C)nc(CN2CCC(CCN)CC2)c1. The first kappa shape index (κ1) is 14.3. The number of hydrogen-bond donors (Lipinski definition) is 1. The average molecular weight is 263 g/mol. The fraction of sp³-hybridized carbons (Fsp3) is 0.667. The first-order valence-corrected chi connectivity index (χ1v) is 7.15. The Hall–Kier alpha value is -1.13. The number of aryl methyl sites for hydroxylation is 1. The third-order valence-corrected chi connectivity index (χ3v) is 3.88. The van der Waals surface area contributed by atoms with Crippen molar-refractivity contribution in [3.63, 3.8) is 0 Å². The van der Waals surface area contributed by atoms with Gasteiger partial charge in [-0.3, -0.25) is 9.88 Å². The van der Waals surface area contributed by atoms with E-state index in [4.69, 9.17) is 10.5 Å². The van der Waals surface area contributed by atoms with E-state index in [2.05, 4.69) is 9.88 Å². The van der Waals surface area contributed by atoms with Gasteiger partial charge >= 0.3 is 0 Å². The monoisotopic (exact) mass is 263 g/mol. The van der Waals surface area contributed by atoms with Crippen molar-refractivity contribution < 1.29 is 4.74 Å². The van der Waals surface area contributed by atoms with Gasteiger partial charge in [-0.1, -0.05) is 0 Å². The minimum atomic E-state index is 0.821. The Kier molecular flexibility index (Phi) is 5.16. The van der Waals surface area contributed by atoms with Crippen molar-refractivity contribution in [3.8, 4) is 5.75 Å². The van der Waals surface area contributed by atoms with Gasteiger partial charge in [0.05, 0.1) is 12.8 Å². The van der Waals surface area contributed by atoms with Gasteiger partial charge in [-0.15, -0.1) is 0 Å². The number of likely N-dealkylation sites (tertiary alicyclic amines) is 1. The molecule has 0 saturated carbocycles. The van der Waals surface area contributed by atoms with Crippen molar-refractivity contribution in [1.82, 2.24) is 9.88 Å². The molecule has 0 unspecified atom stereocenters. The molecule has 4 heteroatoms. The zero-order valence-corrected chi connectivity index (χ0v) is 12.1. The molecule has 19 heavy (non-hydrogen) atoms. The molecule has 2 N–H and O–H groups in total. The van der Waals surface area contributed by atoms with Crippen molar-refractivity contribution in [3.05, 3.63) is 23.5 Å². The number of methoxy groups -OCH3 is 1. The number of nitrogens with two attached hydrogens (primary N) is 1. The fourth-order valence-corrected chi connectivity index (χ4v) is 2.80. The van der Waals surface area contributed by atoms with E-state index in [1.54, 1.807) is 7.11 Å². The van der Waals surface area contributed by atoms with Crippen molar-refractivity contribution in [1.29, 1.82) is 0 Å². The van der Waals surface area contributed by atoms with Gasteiger partial charge in [0, 0.05) is 24.4 Å². The molecule has 2 heterocycles. The molecular weight excluding hydrogens is 238 g/mol. The Morgan fingerprint density at radius 2 is 2.11 bits per heavy atom. The lowest BCUT2D eigenvalue weighted by Gasteiger charge is -2.31. The lowest BCUT2D eigenvalue weighted by molar-refractivity contribution is 0.171. The van der Waals surface area contributed by atoms with Crippen LogP contribution in [0, 0.1) is 12.8 Å². The summed E-state index contributed by atoms with van der Waals surface area (Å²) < 4.78 is 5.30. The Labute approximate surface area is 116 Å². The van der Waals surface area contributed by atoms with Crippen molar-refractivity contribution in [2.45, 2.75) is 32.7 Å². The molecule has 1 aliphatic rings. The van der Waals surface area contributed by atoms with Crippen molar-refractivity contribution in [2.75, 3.05) is 26.7 Å². The molecule has 1 aromatic heterocycles. The Balaban J connectivity index is 1.90. The van der Waals surface area contributed by atoms with Gasteiger partial charge in [0.15, 0.2) is 0 Å². The van der Waals surface area contributed by atoms with Crippen LogP contribution in [-0.2, 0) is 6.54 Å². The zero-order valence-electron chi connectivity index (χ0n) is 12.1. The molecule has 0 amide bonds. The van der Waals surface area contributed by atoms with Crippen LogP contribution in [0.3, 0.4) is 0 Å². The van der Waals surface area contributed by atoms with Crippen LogP contribution in [0.4, 0.5) is 0 Å². The first-order chi connectivity index (χ1) is 9.21. The molecule has 4 nitrogen and oxygen atoms in total. The number of nitrogens with zero attached hydrogens (tertiary/aromatic N) is 2. The molecule has 0 radical (unpaired) electrons. The summed E-state index contributed by atoms with van der Waals surface area (Å²) in [7, 11) is 1.71. The molecule has 1 aromatic rings. The van der Waals surface area contributed by atoms with Crippen LogP contribution in [0.15, 0.2) is 12.1 Å². The summed E-state index contributed by atoms with van der Waals surface area (Å²) in [6, 6.07) is 4.01. The summed E-state index contributed by atoms with van der Waals surface area (Å²) in [5.41, 5.74) is 7.76. The van der Waals surface area contributed by atoms with E-state index >= 15 is 0 Å². The van der Waals surface area contributed by atoms with E-state index < -0.39 is 0 Å². The minimum absolute atomic E-state index is 0.821. The highest BCUT2D eigenvalue weighted by molar-refractivity contribution is 5.26. The standard InChI is InChI=1S/C15H25N3O/c1-12-9-15(19-2)10-14(17-12)11-18-7-4-13(3-6-16)5-8-18/h9-10,13H,3-8,11,16H2,1-2H3. The van der Waals surface area contributed by atoms with Crippen LogP contribution in [0.25, 0.3) is 0 Å². The maximum absolute atomic E-state index is 5.63. The van der Waals surface area contributed by atoms with Crippen LogP contribution < -0.4 is 10.5 Å². The van der Waals surface area contributed by atoms with Crippen LogP contribution in [0.2, 0.25) is 0 Å². The fourth-order valence-electron chi connectivity index (χ4n) is 2.80. The highest BCUT2D eigenvalue weighted by Gasteiger charge is 2.19. The van der Waals surface area contributed by atoms with E-state index in [1.165, 1.54) is 19.3 Å². The Bertz CT molecular complexity index is 400. The summed E-state index contributed by atoms with van der Waals surface area (Å²) in [5.74, 6) is 1.72. The highest BCUT2D eigenvalue weighted by Crippen LogP contribution is 2.22. The number of piperidine rings is 1. The van der Waals surface area contributed by atoms with Gasteiger partial charge in [-0.25, -0.2) is 0 Å². The summed E-state index contributed by atoms with van der Waals surface area (Å²) in [6.45, 7) is 6.07. The molecule has 1 fully saturated rings. The van der Waals surface area contributed by atoms with Crippen molar-refractivity contribution in [2.24, 2.45) is 11.7 Å². The van der Waals surface area contributed by atoms with Crippen LogP contribution in [0.1, 0.15) is 30.7 Å². The maximum Gasteiger partial charge on any atom is 0.122 e. The van der Waals surface area contributed by atoms with E-state index in [0.717, 1.165) is 49.2 Å². The molecule has 0 aliphatic carbocycles. The van der Waals surface area contributed by atoms with Crippen LogP contribution in [0.5, 0.6) is 5.75 Å². The van der Waals surface area contributed by atoms with Crippen LogP contribution in [-0.4, -0.2) is 36.6 Å². The number of ether oxygens (including phenoxy) is 1. The summed E-state index contributed by atoms with van der Waals surface area (Å²) in [5, 5.41) is 0. The number of aromatic nitrogens is 1. The lowest BCUT2D eigenvalue weighted by Crippen LogP contribution is -2.34. The first-order valence-electron chi connectivity index (χ1n) is 7.15. The zero-order chi connectivity index (χ0) is 13.7. The molecular formula is C15H25N3O. The van der Waals surface area contributed by atoms with Gasteiger partial charge in [0.25, 0.3) is 0 Å². The normalized spacial score (nSPS) is 17.6. The van der Waals surface area contributed by atoms with E-state index in [9.17, 15) is 0 Å². The van der Waals surface area contributed by atoms with Gasteiger partial charge in [-0.2, -0.15) is 0 Å². The summed E-state index contributed by atoms with van der Waals surface area (Å²) >= 11 is 0. The van der Waals surface area contributed by atoms with Gasteiger partial charge in [-0.05, 0) is 51.7 Å². The topological polar surface area (TPSA) is 51.4 Å². The quantitative estimate of drug-likeness (QED) is 0.882. The predicted molar refractivity (Wildman–Crippen MR) is 77.2 cm³/mol. The minimum Gasteiger partial charge on any atom is -0.497 e. The molecule has 1 saturated heterocycles. The molecule has 0 atom stereocenters. The van der Waals surface area contributed by atoms with Crippen molar-refractivity contribution >= 4 is 0 Å². The molecule has 0 aromatic carbocycles. The lowest BCUT2D eigenvalue weighted by atomic mass is 9.93. The third kappa shape index (κ3) is 4.18. The predicted octanol–water partition coefficient (Wildman–Crippen LogP) is 1.96. The average Bonchev–Trinajstić information content (AvgIpc) is 2.40. The smallest absolute Gasteiger partial charge is 0.122 e. The van der Waals surface area contributed by atoms with E-state index in [0.29, 0.717) is 0 Å². The second-order valence-electron chi connectivity index (χ2n) is 5.44. The highest BCUT2D eigenvalue weighted by atomic mass is 16.5. The summed E-state index contributed by atoms with van der Waals surface area (Å²) in [4.78, 5) is 7.07. The molecule has 2 rings (SSSR count). The van der Waals surface area contributed by atoms with Gasteiger partial charge in [0.1, 0.15) is 5.75 Å². The number of rotatable bonds is 5. The second-order valence-corrected chi connectivity index (χ2v) is 5.44. The number of hydrogen-bond acceptors (Lipinski definition) is 4. The second kappa shape index (κ2) is 6.87. The molecule has 0 bridgehead atoms. The third-order valence-electron chi connectivity index (χ3n) is 3.88. The van der Waals surface area contributed by atoms with E-state index in [1.807, 2.05) is 19.1 Å². The number of pyridine rings is 1.